The van der Waals surface area contributed by atoms with E-state index in [-0.39, 0.29) is 47.6 Å². The summed E-state index contributed by atoms with van der Waals surface area (Å²) in [5.41, 5.74) is 0.740. The molecule has 0 radical (unpaired) electrons. The number of carbonyl (C=O) groups excluding carboxylic acids is 1. The van der Waals surface area contributed by atoms with Crippen molar-refractivity contribution in [3.8, 4) is 0 Å². The molecule has 4 aliphatic rings. The minimum atomic E-state index is -0.331. The molecule has 180 valence electrons. The molecule has 1 aromatic heterocycles. The molecule has 5 rings (SSSR count). The number of epoxide rings is 2. The molecule has 3 aliphatic heterocycles. The molecule has 4 fully saturated rings. The maximum atomic E-state index is 12.9. The first kappa shape index (κ1) is 22.6. The van der Waals surface area contributed by atoms with Crippen molar-refractivity contribution in [1.82, 2.24) is 9.88 Å². The van der Waals surface area contributed by atoms with Crippen LogP contribution in [0.15, 0.2) is 36.0 Å². The average Bonchev–Trinajstić information content (AvgIpc) is 3.68. The van der Waals surface area contributed by atoms with Crippen molar-refractivity contribution in [1.29, 1.82) is 0 Å². The number of nitrogens with zero attached hydrogens (tertiary/aromatic N) is 2. The van der Waals surface area contributed by atoms with E-state index in [1.165, 1.54) is 5.57 Å². The minimum Gasteiger partial charge on any atom is -0.443 e. The van der Waals surface area contributed by atoms with Crippen molar-refractivity contribution < 1.29 is 23.7 Å². The molecule has 0 bridgehead atoms. The van der Waals surface area contributed by atoms with Gasteiger partial charge in [-0.25, -0.2) is 9.78 Å². The lowest BCUT2D eigenvalue weighted by Gasteiger charge is -2.44. The first-order valence-corrected chi connectivity index (χ1v) is 12.0. The fourth-order valence-corrected chi connectivity index (χ4v) is 5.65. The van der Waals surface area contributed by atoms with Gasteiger partial charge in [0.25, 0.3) is 0 Å². The van der Waals surface area contributed by atoms with E-state index >= 15 is 0 Å². The van der Waals surface area contributed by atoms with Crippen LogP contribution in [-0.2, 0) is 18.9 Å². The Balaban J connectivity index is 1.20. The zero-order valence-corrected chi connectivity index (χ0v) is 20.0. The van der Waals surface area contributed by atoms with Gasteiger partial charge in [-0.2, -0.15) is 0 Å². The molecule has 1 amide bonds. The van der Waals surface area contributed by atoms with Gasteiger partial charge in [0.05, 0.1) is 24.7 Å². The number of carbonyl (C=O) groups is 1. The van der Waals surface area contributed by atoms with Gasteiger partial charge >= 0.3 is 6.09 Å². The number of nitrogens with one attached hydrogen (secondary N) is 1. The number of hydrogen-bond donors (Lipinski definition) is 1. The first-order valence-electron chi connectivity index (χ1n) is 12.0. The Kier molecular flexibility index (Phi) is 5.87. The number of aromatic nitrogens is 1. The summed E-state index contributed by atoms with van der Waals surface area (Å²) in [5.74, 6) is 0.854. The van der Waals surface area contributed by atoms with Crippen LogP contribution in [0.3, 0.4) is 0 Å². The van der Waals surface area contributed by atoms with E-state index in [4.69, 9.17) is 18.9 Å². The Morgan fingerprint density at radius 3 is 2.79 bits per heavy atom. The predicted octanol–water partition coefficient (Wildman–Crippen LogP) is 3.39. The average molecular weight is 458 g/mol. The van der Waals surface area contributed by atoms with Gasteiger partial charge in [0.15, 0.2) is 0 Å². The standard InChI is InChI=1S/C25H35N3O5/c1-16(2)8-9-19-24(3,33-19)22-21(30-4)18(10-11-25(22)15-31-25)32-23(29)28-13-17(14-28)27-20-7-5-6-12-26-20/h5-8,12,17-19,21-22H,9-11,13-15H2,1-4H3,(H,26,27)/t18-,19-,21-,22?,24+,25+/m1/s1. The number of hydrogen-bond acceptors (Lipinski definition) is 7. The molecule has 3 saturated heterocycles. The molecule has 1 aliphatic carbocycles. The molecular weight excluding hydrogens is 422 g/mol. The Hall–Kier alpha value is -2.16. The second-order valence-electron chi connectivity index (χ2n) is 10.3. The number of allylic oxidation sites excluding steroid dienone is 1. The highest BCUT2D eigenvalue weighted by Crippen LogP contribution is 2.59. The predicted molar refractivity (Wildman–Crippen MR) is 123 cm³/mol. The Morgan fingerprint density at radius 1 is 1.36 bits per heavy atom. The van der Waals surface area contributed by atoms with Crippen molar-refractivity contribution in [3.63, 3.8) is 0 Å². The topological polar surface area (TPSA) is 88.8 Å². The Labute approximate surface area is 195 Å². The fraction of sp³-hybridized carbons (Fsp3) is 0.680. The van der Waals surface area contributed by atoms with Crippen molar-refractivity contribution in [3.05, 3.63) is 36.0 Å². The molecule has 33 heavy (non-hydrogen) atoms. The number of amides is 1. The highest BCUT2D eigenvalue weighted by atomic mass is 16.6. The molecule has 1 N–H and O–H groups in total. The van der Waals surface area contributed by atoms with Crippen LogP contribution in [-0.4, -0.2) is 78.3 Å². The molecule has 6 atom stereocenters. The SMILES string of the molecule is CO[C@H]1C([C@@]2(C)O[C@@H]2CC=C(C)C)[C@]2(CC[C@H]1OC(=O)N1CC(Nc3ccccn3)C1)CO2. The van der Waals surface area contributed by atoms with Gasteiger partial charge in [0, 0.05) is 26.4 Å². The maximum absolute atomic E-state index is 12.9. The number of methoxy groups -OCH3 is 1. The summed E-state index contributed by atoms with van der Waals surface area (Å²) in [6.07, 6.45) is 5.73. The number of ether oxygens (including phenoxy) is 4. The van der Waals surface area contributed by atoms with Crippen LogP contribution in [0.4, 0.5) is 10.6 Å². The van der Waals surface area contributed by atoms with Gasteiger partial charge in [-0.3, -0.25) is 0 Å². The molecule has 4 heterocycles. The third-order valence-electron chi connectivity index (χ3n) is 7.65. The largest absolute Gasteiger partial charge is 0.443 e. The minimum absolute atomic E-state index is 0.0343. The van der Waals surface area contributed by atoms with Crippen LogP contribution in [0.1, 0.15) is 40.0 Å². The summed E-state index contributed by atoms with van der Waals surface area (Å²) in [5, 5.41) is 3.34. The third kappa shape index (κ3) is 4.36. The van der Waals surface area contributed by atoms with Crippen LogP contribution in [0, 0.1) is 5.92 Å². The van der Waals surface area contributed by atoms with E-state index in [1.54, 1.807) is 18.2 Å². The van der Waals surface area contributed by atoms with Crippen LogP contribution < -0.4 is 5.32 Å². The smallest absolute Gasteiger partial charge is 0.410 e. The Morgan fingerprint density at radius 2 is 2.15 bits per heavy atom. The molecule has 8 nitrogen and oxygen atoms in total. The van der Waals surface area contributed by atoms with Crippen molar-refractivity contribution in [2.75, 3.05) is 32.1 Å². The van der Waals surface area contributed by atoms with Gasteiger partial charge in [-0.1, -0.05) is 17.7 Å². The molecule has 8 heteroatoms. The summed E-state index contributed by atoms with van der Waals surface area (Å²) in [4.78, 5) is 18.9. The quantitative estimate of drug-likeness (QED) is 0.496. The highest BCUT2D eigenvalue weighted by molar-refractivity contribution is 5.69. The molecule has 1 spiro atoms. The van der Waals surface area contributed by atoms with Crippen molar-refractivity contribution in [2.24, 2.45) is 5.92 Å². The summed E-state index contributed by atoms with van der Waals surface area (Å²) in [6.45, 7) is 8.28. The lowest BCUT2D eigenvalue weighted by molar-refractivity contribution is -0.123. The molecule has 0 aromatic carbocycles. The van der Waals surface area contributed by atoms with Crippen LogP contribution in [0.2, 0.25) is 0 Å². The van der Waals surface area contributed by atoms with E-state index in [9.17, 15) is 4.79 Å². The van der Waals surface area contributed by atoms with Gasteiger partial charge in [-0.15, -0.1) is 0 Å². The van der Waals surface area contributed by atoms with Gasteiger partial charge in [0.2, 0.25) is 0 Å². The zero-order valence-electron chi connectivity index (χ0n) is 20.0. The molecule has 1 saturated carbocycles. The maximum Gasteiger partial charge on any atom is 0.410 e. The van der Waals surface area contributed by atoms with Crippen LogP contribution in [0.5, 0.6) is 0 Å². The van der Waals surface area contributed by atoms with Crippen molar-refractivity contribution in [2.45, 2.75) is 75.6 Å². The first-order chi connectivity index (χ1) is 15.8. The number of pyridine rings is 1. The summed E-state index contributed by atoms with van der Waals surface area (Å²) in [7, 11) is 1.70. The second-order valence-corrected chi connectivity index (χ2v) is 10.3. The van der Waals surface area contributed by atoms with Gasteiger partial charge < -0.3 is 29.2 Å². The molecule has 1 unspecified atom stereocenters. The zero-order chi connectivity index (χ0) is 23.2. The molecule has 1 aromatic rings. The summed E-state index contributed by atoms with van der Waals surface area (Å²) < 4.78 is 24.2. The monoisotopic (exact) mass is 457 g/mol. The third-order valence-corrected chi connectivity index (χ3v) is 7.65. The van der Waals surface area contributed by atoms with E-state index in [0.717, 1.165) is 31.7 Å². The number of anilines is 1. The van der Waals surface area contributed by atoms with Gasteiger partial charge in [0.1, 0.15) is 29.2 Å². The lowest BCUT2D eigenvalue weighted by Crippen LogP contribution is -2.60. The second kappa shape index (κ2) is 8.56. The highest BCUT2D eigenvalue weighted by Gasteiger charge is 2.72. The lowest BCUT2D eigenvalue weighted by atomic mass is 9.68. The number of likely N-dealkylation sites (tertiary alicyclic amines) is 1. The fourth-order valence-electron chi connectivity index (χ4n) is 5.65. The van der Waals surface area contributed by atoms with Crippen molar-refractivity contribution >= 4 is 11.9 Å². The van der Waals surface area contributed by atoms with E-state index in [1.807, 2.05) is 18.2 Å². The normalized spacial score (nSPS) is 37.3. The molecular formula is C25H35N3O5. The van der Waals surface area contributed by atoms with E-state index in [0.29, 0.717) is 13.1 Å². The summed E-state index contributed by atoms with van der Waals surface area (Å²) >= 11 is 0. The van der Waals surface area contributed by atoms with E-state index < -0.39 is 0 Å². The van der Waals surface area contributed by atoms with Crippen LogP contribution >= 0.6 is 0 Å². The van der Waals surface area contributed by atoms with Crippen LogP contribution in [0.25, 0.3) is 0 Å². The number of rotatable bonds is 7. The van der Waals surface area contributed by atoms with E-state index in [2.05, 4.69) is 37.1 Å². The van der Waals surface area contributed by atoms with Gasteiger partial charge in [-0.05, 0) is 52.2 Å². The summed E-state index contributed by atoms with van der Waals surface area (Å²) in [6, 6.07) is 5.93. The Bertz CT molecular complexity index is 895.